The van der Waals surface area contributed by atoms with E-state index in [1.807, 2.05) is 0 Å². The number of hydrogen-bond donors (Lipinski definition) is 3. The molecule has 0 bridgehead atoms. The lowest BCUT2D eigenvalue weighted by Gasteiger charge is -2.21. The second-order valence-corrected chi connectivity index (χ2v) is 33.5. The number of carbonyl (C=O) groups is 4. The van der Waals surface area contributed by atoms with Gasteiger partial charge in [-0.15, -0.1) is 0 Å². The molecule has 0 radical (unpaired) electrons. The van der Waals surface area contributed by atoms with Gasteiger partial charge in [-0.2, -0.15) is 0 Å². The first-order chi connectivity index (χ1) is 50.7. The molecule has 2 unspecified atom stereocenters. The average molecular weight is 1520 g/mol. The molecule has 104 heavy (non-hydrogen) atoms. The quantitative estimate of drug-likeness (QED) is 0.0222. The maximum Gasteiger partial charge on any atom is 0.472 e. The van der Waals surface area contributed by atoms with Gasteiger partial charge in [0, 0.05) is 25.7 Å². The van der Waals surface area contributed by atoms with E-state index in [1.165, 1.54) is 295 Å². The first-order valence-corrected chi connectivity index (χ1v) is 47.3. The first-order valence-electron chi connectivity index (χ1n) is 44.3. The molecule has 0 rings (SSSR count). The highest BCUT2D eigenvalue weighted by Crippen LogP contribution is 2.45. The van der Waals surface area contributed by atoms with Crippen molar-refractivity contribution in [3.63, 3.8) is 0 Å². The van der Waals surface area contributed by atoms with Crippen LogP contribution >= 0.6 is 15.6 Å². The summed E-state index contributed by atoms with van der Waals surface area (Å²) in [6.07, 6.45) is 73.6. The third kappa shape index (κ3) is 78.2. The zero-order valence-electron chi connectivity index (χ0n) is 68.0. The minimum Gasteiger partial charge on any atom is -0.462 e. The number of aliphatic hydroxyl groups excluding tert-OH is 1. The molecule has 618 valence electrons. The monoisotopic (exact) mass is 1520 g/mol. The van der Waals surface area contributed by atoms with Crippen LogP contribution in [0.25, 0.3) is 0 Å². The minimum atomic E-state index is -4.96. The van der Waals surface area contributed by atoms with Crippen LogP contribution in [-0.4, -0.2) is 96.7 Å². The molecule has 19 heteroatoms. The van der Waals surface area contributed by atoms with Crippen LogP contribution in [0.4, 0.5) is 0 Å². The average Bonchev–Trinajstić information content (AvgIpc) is 0.916. The summed E-state index contributed by atoms with van der Waals surface area (Å²) in [6, 6.07) is 0. The van der Waals surface area contributed by atoms with E-state index in [2.05, 4.69) is 27.7 Å². The summed E-state index contributed by atoms with van der Waals surface area (Å²) < 4.78 is 68.8. The summed E-state index contributed by atoms with van der Waals surface area (Å²) >= 11 is 0. The number of rotatable bonds is 86. The molecule has 0 amide bonds. The van der Waals surface area contributed by atoms with E-state index in [1.54, 1.807) is 0 Å². The number of aliphatic hydroxyl groups is 1. The highest BCUT2D eigenvalue weighted by atomic mass is 31.2. The number of phosphoric acid groups is 2. The van der Waals surface area contributed by atoms with Gasteiger partial charge in [-0.25, -0.2) is 9.13 Å². The smallest absolute Gasteiger partial charge is 0.462 e. The first kappa shape index (κ1) is 102. The van der Waals surface area contributed by atoms with Gasteiger partial charge in [0.2, 0.25) is 0 Å². The van der Waals surface area contributed by atoms with Gasteiger partial charge in [-0.3, -0.25) is 37.3 Å². The van der Waals surface area contributed by atoms with Gasteiger partial charge in [0.15, 0.2) is 12.2 Å². The van der Waals surface area contributed by atoms with E-state index >= 15 is 0 Å². The van der Waals surface area contributed by atoms with Crippen molar-refractivity contribution in [2.24, 2.45) is 0 Å². The molecule has 0 heterocycles. The lowest BCUT2D eigenvalue weighted by molar-refractivity contribution is -0.161. The summed E-state index contributed by atoms with van der Waals surface area (Å²) in [5.74, 6) is -2.10. The Morgan fingerprint density at radius 1 is 0.231 bits per heavy atom. The molecule has 0 spiro atoms. The zero-order valence-corrected chi connectivity index (χ0v) is 69.8. The van der Waals surface area contributed by atoms with Crippen LogP contribution in [0.2, 0.25) is 0 Å². The Labute approximate surface area is 638 Å². The van der Waals surface area contributed by atoms with E-state index in [0.717, 1.165) is 89.9 Å². The number of hydrogen-bond acceptors (Lipinski definition) is 15. The van der Waals surface area contributed by atoms with Crippen molar-refractivity contribution in [2.45, 2.75) is 483 Å². The van der Waals surface area contributed by atoms with E-state index in [-0.39, 0.29) is 25.7 Å². The Morgan fingerprint density at radius 2 is 0.385 bits per heavy atom. The number of carbonyl (C=O) groups excluding carboxylic acids is 4. The molecule has 0 saturated heterocycles. The Balaban J connectivity index is 5.22. The second-order valence-electron chi connectivity index (χ2n) is 30.6. The molecule has 0 aromatic heterocycles. The maximum atomic E-state index is 13.1. The van der Waals surface area contributed by atoms with Gasteiger partial charge in [-0.05, 0) is 25.7 Å². The predicted octanol–water partition coefficient (Wildman–Crippen LogP) is 26.1. The molecule has 0 aliphatic heterocycles. The normalized spacial score (nSPS) is 13.7. The Hall–Kier alpha value is -1.94. The van der Waals surface area contributed by atoms with E-state index in [0.29, 0.717) is 25.7 Å². The van der Waals surface area contributed by atoms with Gasteiger partial charge >= 0.3 is 39.5 Å². The van der Waals surface area contributed by atoms with Crippen molar-refractivity contribution in [1.29, 1.82) is 0 Å². The summed E-state index contributed by atoms with van der Waals surface area (Å²) in [5, 5.41) is 10.7. The highest BCUT2D eigenvalue weighted by molar-refractivity contribution is 7.47. The van der Waals surface area contributed by atoms with Crippen LogP contribution in [0.3, 0.4) is 0 Å². The molecule has 17 nitrogen and oxygen atoms in total. The van der Waals surface area contributed by atoms with Gasteiger partial charge in [0.25, 0.3) is 0 Å². The van der Waals surface area contributed by atoms with Gasteiger partial charge in [0.1, 0.15) is 19.3 Å². The van der Waals surface area contributed by atoms with Gasteiger partial charge in [0.05, 0.1) is 26.4 Å². The Bertz CT molecular complexity index is 1960. The van der Waals surface area contributed by atoms with Crippen LogP contribution in [0.1, 0.15) is 464 Å². The summed E-state index contributed by atoms with van der Waals surface area (Å²) in [4.78, 5) is 73.2. The number of esters is 4. The van der Waals surface area contributed by atoms with E-state index in [4.69, 9.17) is 37.0 Å². The van der Waals surface area contributed by atoms with Crippen molar-refractivity contribution in [3.8, 4) is 0 Å². The van der Waals surface area contributed by atoms with Crippen molar-refractivity contribution in [2.75, 3.05) is 39.6 Å². The molecule has 0 fully saturated rings. The van der Waals surface area contributed by atoms with Gasteiger partial charge < -0.3 is 33.8 Å². The molecule has 3 N–H and O–H groups in total. The molecule has 0 aromatic carbocycles. The molecule has 0 aromatic rings. The predicted molar refractivity (Wildman–Crippen MR) is 428 cm³/mol. The number of unbranched alkanes of at least 4 members (excludes halogenated alkanes) is 60. The van der Waals surface area contributed by atoms with E-state index < -0.39 is 97.5 Å². The lowest BCUT2D eigenvalue weighted by Crippen LogP contribution is -2.30. The third-order valence-corrected chi connectivity index (χ3v) is 22.0. The third-order valence-electron chi connectivity index (χ3n) is 20.1. The zero-order chi connectivity index (χ0) is 76.0. The van der Waals surface area contributed by atoms with Crippen molar-refractivity contribution >= 4 is 39.5 Å². The van der Waals surface area contributed by atoms with Crippen LogP contribution in [-0.2, 0) is 65.4 Å². The maximum absolute atomic E-state index is 13.1. The second kappa shape index (κ2) is 79.2. The fourth-order valence-corrected chi connectivity index (χ4v) is 14.9. The molecule has 5 atom stereocenters. The number of ether oxygens (including phenoxy) is 4. The van der Waals surface area contributed by atoms with Crippen molar-refractivity contribution < 1.29 is 80.2 Å². The SMILES string of the molecule is CCCCCCCCCCCCCCCCCCCCCCCC(=O)O[C@H](COC(=O)CCCCCCCCCCCCCCCCCCCCC)COP(=O)(O)OC[C@@H](O)COP(=O)(O)OC[C@@H](COC(=O)CCCCCCCCCCCCCC)OC(=O)CCCCCCCCCCCCCC. The summed E-state index contributed by atoms with van der Waals surface area (Å²) in [5.41, 5.74) is 0. The number of phosphoric ester groups is 2. The lowest BCUT2D eigenvalue weighted by atomic mass is 10.0. The molecular weight excluding hydrogens is 1350 g/mol. The van der Waals surface area contributed by atoms with Gasteiger partial charge in [-0.1, -0.05) is 413 Å². The molecule has 0 saturated carbocycles. The van der Waals surface area contributed by atoms with Crippen LogP contribution in [0, 0.1) is 0 Å². The summed E-state index contributed by atoms with van der Waals surface area (Å²) in [6.45, 7) is 5.05. The fraction of sp³-hybridized carbons (Fsp3) is 0.953. The summed E-state index contributed by atoms with van der Waals surface area (Å²) in [7, 11) is -9.92. The Morgan fingerprint density at radius 3 is 0.567 bits per heavy atom. The highest BCUT2D eigenvalue weighted by Gasteiger charge is 2.30. The Kier molecular flexibility index (Phi) is 77.7. The molecule has 0 aliphatic rings. The topological polar surface area (TPSA) is 237 Å². The van der Waals surface area contributed by atoms with Crippen molar-refractivity contribution in [1.82, 2.24) is 0 Å². The molecular formula is C85H166O17P2. The molecule has 0 aliphatic carbocycles. The fourth-order valence-electron chi connectivity index (χ4n) is 13.3. The standard InChI is InChI=1S/C85H166O17P2/c1-5-9-13-17-21-25-29-33-35-37-39-40-42-44-46-48-52-56-60-64-68-72-85(90)102-81(76-96-83(88)70-66-62-58-54-51-47-45-43-41-38-36-34-30-26-22-18-14-10-6-2)78-100-104(93,94)98-74-79(86)73-97-103(91,92)99-77-80(101-84(89)71-67-63-59-55-50-32-28-24-20-16-12-8-4)75-95-82(87)69-65-61-57-53-49-31-27-23-19-15-11-7-3/h79-81,86H,5-78H2,1-4H3,(H,91,92)(H,93,94)/t79-,80+,81+/m0/s1. The van der Waals surface area contributed by atoms with E-state index in [9.17, 15) is 43.2 Å². The van der Waals surface area contributed by atoms with Crippen LogP contribution in [0.15, 0.2) is 0 Å². The van der Waals surface area contributed by atoms with Crippen LogP contribution < -0.4 is 0 Å². The largest absolute Gasteiger partial charge is 0.472 e. The minimum absolute atomic E-state index is 0.108. The van der Waals surface area contributed by atoms with Crippen LogP contribution in [0.5, 0.6) is 0 Å². The van der Waals surface area contributed by atoms with Crippen molar-refractivity contribution in [3.05, 3.63) is 0 Å².